The molecule has 2 aromatic carbocycles. The van der Waals surface area contributed by atoms with E-state index in [4.69, 9.17) is 9.57 Å². The van der Waals surface area contributed by atoms with E-state index in [-0.39, 0.29) is 17.8 Å². The second-order valence-corrected chi connectivity index (χ2v) is 14.0. The molecule has 4 fully saturated rings. The number of rotatable bonds is 11. The van der Waals surface area contributed by atoms with Crippen LogP contribution < -0.4 is 25.3 Å². The van der Waals surface area contributed by atoms with E-state index in [1.165, 1.54) is 37.9 Å². The van der Waals surface area contributed by atoms with E-state index in [9.17, 15) is 9.18 Å². The minimum atomic E-state index is -0.283. The lowest BCUT2D eigenvalue weighted by Crippen LogP contribution is -2.57. The fourth-order valence-electron chi connectivity index (χ4n) is 7.88. The predicted molar refractivity (Wildman–Crippen MR) is 195 cm³/mol. The molecule has 11 nitrogen and oxygen atoms in total. The number of piperazine rings is 1. The van der Waals surface area contributed by atoms with Crippen molar-refractivity contribution in [2.75, 3.05) is 67.0 Å². The molecule has 4 aliphatic rings. The number of carbonyl (C=O) groups is 1. The standard InChI is InChI=1S/C38H49FN8O3/c1-5-38(48)43-32-20-33(42-36-22-37(41-24-40-36)47-30(13-18-50-47)19-27-7-6-8-31(39)26(27)3)35(49-4)21-34(32)44-14-11-28(12-15-44)45-16-17-46(25(2)23-45)29-9-10-29/h5-8,20-22,24-25,28-30H,1,9-19,23H2,2-4H3,(H,43,48)(H,40,41,42)/t25-,30-/m1/s1. The maximum Gasteiger partial charge on any atom is 0.247 e. The number of hydrogen-bond acceptors (Lipinski definition) is 10. The highest BCUT2D eigenvalue weighted by molar-refractivity contribution is 6.02. The molecule has 50 heavy (non-hydrogen) atoms. The number of anilines is 5. The van der Waals surface area contributed by atoms with E-state index in [1.807, 2.05) is 31.2 Å². The topological polar surface area (TPSA) is 98.3 Å². The lowest BCUT2D eigenvalue weighted by molar-refractivity contribution is -0.111. The van der Waals surface area contributed by atoms with Crippen molar-refractivity contribution in [3.63, 3.8) is 0 Å². The number of amides is 1. The van der Waals surface area contributed by atoms with Crippen LogP contribution in [-0.4, -0.2) is 96.3 Å². The van der Waals surface area contributed by atoms with Crippen molar-refractivity contribution in [1.29, 1.82) is 0 Å². The number of carbonyl (C=O) groups excluding carboxylic acids is 1. The molecular weight excluding hydrogens is 635 g/mol. The maximum absolute atomic E-state index is 14.3. The summed E-state index contributed by atoms with van der Waals surface area (Å²) >= 11 is 0. The molecule has 266 valence electrons. The van der Waals surface area contributed by atoms with Crippen molar-refractivity contribution in [1.82, 2.24) is 19.8 Å². The van der Waals surface area contributed by atoms with Crippen molar-refractivity contribution in [2.45, 2.75) is 76.5 Å². The minimum absolute atomic E-state index is 0.00678. The molecule has 0 spiro atoms. The van der Waals surface area contributed by atoms with Gasteiger partial charge >= 0.3 is 0 Å². The number of hydroxylamine groups is 1. The Balaban J connectivity index is 1.07. The highest BCUT2D eigenvalue weighted by atomic mass is 19.1. The van der Waals surface area contributed by atoms with Crippen molar-refractivity contribution < 1.29 is 18.8 Å². The normalized spacial score (nSPS) is 22.1. The summed E-state index contributed by atoms with van der Waals surface area (Å²) in [6.45, 7) is 13.6. The second kappa shape index (κ2) is 14.9. The second-order valence-electron chi connectivity index (χ2n) is 14.0. The van der Waals surface area contributed by atoms with Gasteiger partial charge in [0.1, 0.15) is 23.7 Å². The van der Waals surface area contributed by atoms with Gasteiger partial charge in [-0.1, -0.05) is 18.7 Å². The van der Waals surface area contributed by atoms with Gasteiger partial charge in [-0.3, -0.25) is 19.4 Å². The summed E-state index contributed by atoms with van der Waals surface area (Å²) < 4.78 is 20.1. The van der Waals surface area contributed by atoms with Gasteiger partial charge in [0.2, 0.25) is 5.91 Å². The summed E-state index contributed by atoms with van der Waals surface area (Å²) in [5.41, 5.74) is 3.83. The number of methoxy groups -OCH3 is 1. The van der Waals surface area contributed by atoms with E-state index < -0.39 is 0 Å². The zero-order chi connectivity index (χ0) is 34.8. The summed E-state index contributed by atoms with van der Waals surface area (Å²) in [6.07, 6.45) is 9.04. The van der Waals surface area contributed by atoms with E-state index >= 15 is 0 Å². The lowest BCUT2D eigenvalue weighted by atomic mass is 9.99. The largest absolute Gasteiger partial charge is 0.494 e. The van der Waals surface area contributed by atoms with Crippen molar-refractivity contribution in [2.24, 2.45) is 0 Å². The van der Waals surface area contributed by atoms with Crippen molar-refractivity contribution in [3.8, 4) is 5.75 Å². The Kier molecular flexibility index (Phi) is 10.2. The highest BCUT2D eigenvalue weighted by Crippen LogP contribution is 2.40. The van der Waals surface area contributed by atoms with Gasteiger partial charge in [-0.2, -0.15) is 0 Å². The zero-order valence-corrected chi connectivity index (χ0v) is 29.4. The molecule has 1 aromatic heterocycles. The molecule has 2 N–H and O–H groups in total. The van der Waals surface area contributed by atoms with Crippen LogP contribution in [0, 0.1) is 12.7 Å². The van der Waals surface area contributed by atoms with Crippen LogP contribution in [0.2, 0.25) is 0 Å². The Morgan fingerprint density at radius 2 is 1.88 bits per heavy atom. The third kappa shape index (κ3) is 7.42. The Hall–Kier alpha value is -4.26. The number of nitrogens with zero attached hydrogens (tertiary/aromatic N) is 6. The summed E-state index contributed by atoms with van der Waals surface area (Å²) in [4.78, 5) is 35.4. The van der Waals surface area contributed by atoms with Gasteiger partial charge in [0.05, 0.1) is 36.8 Å². The van der Waals surface area contributed by atoms with Gasteiger partial charge in [0, 0.05) is 63.0 Å². The minimum Gasteiger partial charge on any atom is -0.494 e. The Morgan fingerprint density at radius 1 is 1.06 bits per heavy atom. The molecule has 4 heterocycles. The summed E-state index contributed by atoms with van der Waals surface area (Å²) in [5, 5.41) is 8.21. The average Bonchev–Trinajstić information content (AvgIpc) is 3.87. The zero-order valence-electron chi connectivity index (χ0n) is 29.4. The third-order valence-electron chi connectivity index (χ3n) is 10.8. The van der Waals surface area contributed by atoms with Crippen LogP contribution in [0.25, 0.3) is 0 Å². The van der Waals surface area contributed by atoms with Gasteiger partial charge in [0.25, 0.3) is 0 Å². The summed E-state index contributed by atoms with van der Waals surface area (Å²) in [7, 11) is 1.64. The highest BCUT2D eigenvalue weighted by Gasteiger charge is 2.37. The molecule has 2 atom stereocenters. The first-order chi connectivity index (χ1) is 24.3. The first kappa shape index (κ1) is 34.2. The maximum atomic E-state index is 14.3. The fourth-order valence-corrected chi connectivity index (χ4v) is 7.88. The monoisotopic (exact) mass is 684 g/mol. The van der Waals surface area contributed by atoms with Crippen molar-refractivity contribution >= 4 is 34.6 Å². The Morgan fingerprint density at radius 3 is 2.62 bits per heavy atom. The first-order valence-corrected chi connectivity index (χ1v) is 18.0. The number of benzene rings is 2. The fraction of sp³-hybridized carbons (Fsp3) is 0.500. The predicted octanol–water partition coefficient (Wildman–Crippen LogP) is 5.69. The SMILES string of the molecule is C=CC(=O)Nc1cc(Nc2cc(N3OCC[C@@H]3Cc3cccc(F)c3C)ncn2)c(OC)cc1N1CCC(N2CCN(C3CC3)[C@H](C)C2)CC1. The molecule has 0 bridgehead atoms. The van der Waals surface area contributed by atoms with Crippen LogP contribution in [0.15, 0.2) is 55.4 Å². The van der Waals surface area contributed by atoms with Gasteiger partial charge in [-0.15, -0.1) is 0 Å². The molecule has 1 aliphatic carbocycles. The molecule has 0 radical (unpaired) electrons. The molecule has 1 amide bonds. The lowest BCUT2D eigenvalue weighted by Gasteiger charge is -2.46. The number of ether oxygens (including phenoxy) is 1. The van der Waals surface area contributed by atoms with Crippen LogP contribution >= 0.6 is 0 Å². The Bertz CT molecular complexity index is 1690. The van der Waals surface area contributed by atoms with Gasteiger partial charge in [-0.05, 0) is 81.7 Å². The third-order valence-corrected chi connectivity index (χ3v) is 10.8. The number of hydrogen-bond donors (Lipinski definition) is 2. The number of aromatic nitrogens is 2. The molecule has 0 unspecified atom stereocenters. The molecule has 7 rings (SSSR count). The van der Waals surface area contributed by atoms with E-state index in [1.54, 1.807) is 18.2 Å². The van der Waals surface area contributed by atoms with Crippen LogP contribution in [0.3, 0.4) is 0 Å². The van der Waals surface area contributed by atoms with Crippen LogP contribution in [0.4, 0.5) is 33.1 Å². The summed E-state index contributed by atoms with van der Waals surface area (Å²) in [5.74, 6) is 1.27. The molecular formula is C38H49FN8O3. The number of piperidine rings is 1. The van der Waals surface area contributed by atoms with Crippen LogP contribution in [0.5, 0.6) is 5.75 Å². The first-order valence-electron chi connectivity index (χ1n) is 18.0. The van der Waals surface area contributed by atoms with Crippen LogP contribution in [0.1, 0.15) is 50.2 Å². The number of halogens is 1. The molecule has 12 heteroatoms. The average molecular weight is 685 g/mol. The quantitative estimate of drug-likeness (QED) is 0.245. The van der Waals surface area contributed by atoms with E-state index in [2.05, 4.69) is 48.8 Å². The van der Waals surface area contributed by atoms with E-state index in [0.29, 0.717) is 59.4 Å². The number of nitrogens with one attached hydrogen (secondary N) is 2. The van der Waals surface area contributed by atoms with Gasteiger partial charge in [-0.25, -0.2) is 19.4 Å². The smallest absolute Gasteiger partial charge is 0.247 e. The molecule has 3 aromatic rings. The van der Waals surface area contributed by atoms with Crippen molar-refractivity contribution in [3.05, 3.63) is 72.3 Å². The summed E-state index contributed by atoms with van der Waals surface area (Å²) in [6, 6.07) is 12.9. The van der Waals surface area contributed by atoms with Gasteiger partial charge in [0.15, 0.2) is 5.82 Å². The molecule has 3 aliphatic heterocycles. The Labute approximate surface area is 294 Å². The molecule has 3 saturated heterocycles. The van der Waals surface area contributed by atoms with Crippen LogP contribution in [-0.2, 0) is 16.1 Å². The van der Waals surface area contributed by atoms with E-state index in [0.717, 1.165) is 62.7 Å². The van der Waals surface area contributed by atoms with Gasteiger partial charge < -0.3 is 20.3 Å². The molecule has 1 saturated carbocycles.